The van der Waals surface area contributed by atoms with E-state index in [-0.39, 0.29) is 0 Å². The third-order valence-corrected chi connectivity index (χ3v) is 3.16. The van der Waals surface area contributed by atoms with Crippen molar-refractivity contribution in [2.24, 2.45) is 0 Å². The van der Waals surface area contributed by atoms with E-state index in [2.05, 4.69) is 18.8 Å². The summed E-state index contributed by atoms with van der Waals surface area (Å²) in [6.07, 6.45) is 11.0. The Kier molecular flexibility index (Phi) is 8.47. The van der Waals surface area contributed by atoms with Crippen molar-refractivity contribution in [2.75, 3.05) is 0 Å². The van der Waals surface area contributed by atoms with Gasteiger partial charge in [-0.1, -0.05) is 69.4 Å². The fourth-order valence-electron chi connectivity index (χ4n) is 2.02. The number of rotatable bonds is 8. The first-order valence-electron chi connectivity index (χ1n) is 7.41. The Morgan fingerprint density at radius 3 is 2.53 bits per heavy atom. The number of carbonyl (C=O) groups excluding carboxylic acids is 1. The third-order valence-electron chi connectivity index (χ3n) is 3.16. The van der Waals surface area contributed by atoms with Crippen LogP contribution in [0.4, 0.5) is 0 Å². The minimum atomic E-state index is 0.697. The van der Waals surface area contributed by atoms with Gasteiger partial charge in [-0.15, -0.1) is 0 Å². The van der Waals surface area contributed by atoms with Crippen molar-refractivity contribution >= 4 is 6.29 Å². The van der Waals surface area contributed by atoms with Gasteiger partial charge in [-0.3, -0.25) is 4.79 Å². The van der Waals surface area contributed by atoms with Crippen LogP contribution in [0.25, 0.3) is 0 Å². The zero-order valence-electron chi connectivity index (χ0n) is 12.0. The van der Waals surface area contributed by atoms with Crippen LogP contribution in [0, 0.1) is 11.8 Å². The summed E-state index contributed by atoms with van der Waals surface area (Å²) in [6.45, 7) is 2.25. The van der Waals surface area contributed by atoms with Gasteiger partial charge < -0.3 is 0 Å². The summed E-state index contributed by atoms with van der Waals surface area (Å²) in [6, 6.07) is 7.46. The number of hydrogen-bond donors (Lipinski definition) is 0. The lowest BCUT2D eigenvalue weighted by molar-refractivity contribution is 0.112. The van der Waals surface area contributed by atoms with Gasteiger partial charge in [0.1, 0.15) is 6.29 Å². The van der Waals surface area contributed by atoms with Gasteiger partial charge >= 0.3 is 0 Å². The molecule has 0 saturated carbocycles. The van der Waals surface area contributed by atoms with Gasteiger partial charge in [0.15, 0.2) is 0 Å². The van der Waals surface area contributed by atoms with Crippen molar-refractivity contribution in [3.63, 3.8) is 0 Å². The molecular weight excluding hydrogens is 232 g/mol. The second-order valence-electron chi connectivity index (χ2n) is 4.92. The Labute approximate surface area is 117 Å². The lowest BCUT2D eigenvalue weighted by Gasteiger charge is -1.98. The summed E-state index contributed by atoms with van der Waals surface area (Å²) in [4.78, 5) is 10.6. The van der Waals surface area contributed by atoms with Crippen molar-refractivity contribution < 1.29 is 4.79 Å². The molecule has 0 aliphatic rings. The van der Waals surface area contributed by atoms with Crippen LogP contribution >= 0.6 is 0 Å². The largest absolute Gasteiger partial charge is 0.298 e. The quantitative estimate of drug-likeness (QED) is 0.364. The first-order valence-corrected chi connectivity index (χ1v) is 7.41. The first kappa shape index (κ1) is 15.5. The molecule has 0 aromatic heterocycles. The van der Waals surface area contributed by atoms with E-state index in [1.807, 2.05) is 18.2 Å². The zero-order valence-corrected chi connectivity index (χ0v) is 12.0. The Bertz CT molecular complexity index is 423. The molecular formula is C18H24O. The van der Waals surface area contributed by atoms with Crippen LogP contribution in [0.3, 0.4) is 0 Å². The van der Waals surface area contributed by atoms with E-state index in [4.69, 9.17) is 0 Å². The number of benzene rings is 1. The van der Waals surface area contributed by atoms with Gasteiger partial charge in [-0.25, -0.2) is 0 Å². The summed E-state index contributed by atoms with van der Waals surface area (Å²) in [7, 11) is 0. The molecule has 1 nitrogen and oxygen atoms in total. The Balaban J connectivity index is 2.15. The van der Waals surface area contributed by atoms with Crippen LogP contribution in [-0.2, 0) is 0 Å². The molecule has 0 bridgehead atoms. The van der Waals surface area contributed by atoms with Crippen LogP contribution < -0.4 is 0 Å². The summed E-state index contributed by atoms with van der Waals surface area (Å²) in [5, 5.41) is 0. The van der Waals surface area contributed by atoms with Crippen LogP contribution in [0.1, 0.15) is 74.2 Å². The smallest absolute Gasteiger partial charge is 0.150 e. The van der Waals surface area contributed by atoms with Crippen molar-refractivity contribution in [3.8, 4) is 11.8 Å². The van der Waals surface area contributed by atoms with E-state index < -0.39 is 0 Å². The second-order valence-corrected chi connectivity index (χ2v) is 4.92. The highest BCUT2D eigenvalue weighted by atomic mass is 16.1. The van der Waals surface area contributed by atoms with Crippen molar-refractivity contribution in [1.82, 2.24) is 0 Å². The molecule has 102 valence electrons. The van der Waals surface area contributed by atoms with Crippen LogP contribution in [0.15, 0.2) is 24.3 Å². The van der Waals surface area contributed by atoms with Gasteiger partial charge in [0.2, 0.25) is 0 Å². The second kappa shape index (κ2) is 10.4. The van der Waals surface area contributed by atoms with Gasteiger partial charge in [-0.05, 0) is 18.6 Å². The van der Waals surface area contributed by atoms with Crippen molar-refractivity contribution in [2.45, 2.75) is 58.3 Å². The molecule has 1 rings (SSSR count). The third kappa shape index (κ3) is 7.47. The maximum atomic E-state index is 10.6. The maximum Gasteiger partial charge on any atom is 0.150 e. The van der Waals surface area contributed by atoms with E-state index in [1.54, 1.807) is 6.07 Å². The molecule has 1 aromatic rings. The van der Waals surface area contributed by atoms with Crippen molar-refractivity contribution in [1.29, 1.82) is 0 Å². The average molecular weight is 256 g/mol. The van der Waals surface area contributed by atoms with Gasteiger partial charge in [0.05, 0.1) is 0 Å². The molecule has 0 atom stereocenters. The number of aldehydes is 1. The lowest BCUT2D eigenvalue weighted by atomic mass is 10.1. The Morgan fingerprint density at radius 1 is 1.05 bits per heavy atom. The van der Waals surface area contributed by atoms with E-state index in [0.29, 0.717) is 5.56 Å². The fourth-order valence-corrected chi connectivity index (χ4v) is 2.02. The fraction of sp³-hybridized carbons (Fsp3) is 0.500. The number of unbranched alkanes of at least 4 members (excludes halogenated alkanes) is 7. The Morgan fingerprint density at radius 2 is 1.79 bits per heavy atom. The van der Waals surface area contributed by atoms with E-state index in [1.165, 1.54) is 44.9 Å². The highest BCUT2D eigenvalue weighted by Gasteiger charge is 1.91. The molecule has 1 aromatic carbocycles. The molecule has 0 saturated heterocycles. The van der Waals surface area contributed by atoms with Gasteiger partial charge in [0.25, 0.3) is 0 Å². The zero-order chi connectivity index (χ0) is 13.8. The Hall–Kier alpha value is -1.55. The standard InChI is InChI=1S/C18H24O/c1-2-3-4-5-6-7-8-9-10-12-17-13-11-14-18(15-17)16-19/h11,13-16H,2-9H2,1H3. The number of carbonyl (C=O) groups is 1. The minimum absolute atomic E-state index is 0.697. The monoisotopic (exact) mass is 256 g/mol. The summed E-state index contributed by atoms with van der Waals surface area (Å²) < 4.78 is 0. The molecule has 0 radical (unpaired) electrons. The summed E-state index contributed by atoms with van der Waals surface area (Å²) in [5.41, 5.74) is 1.63. The highest BCUT2D eigenvalue weighted by molar-refractivity contribution is 5.75. The maximum absolute atomic E-state index is 10.6. The lowest BCUT2D eigenvalue weighted by Crippen LogP contribution is -1.81. The molecule has 0 aliphatic carbocycles. The van der Waals surface area contributed by atoms with Crippen LogP contribution in [0.5, 0.6) is 0 Å². The molecule has 1 heteroatoms. The van der Waals surface area contributed by atoms with E-state index in [9.17, 15) is 4.79 Å². The molecule has 0 fully saturated rings. The highest BCUT2D eigenvalue weighted by Crippen LogP contribution is 2.08. The topological polar surface area (TPSA) is 17.1 Å². The number of hydrogen-bond acceptors (Lipinski definition) is 1. The SMILES string of the molecule is CCCCCCCCCC#Cc1cccc(C=O)c1. The van der Waals surface area contributed by atoms with Gasteiger partial charge in [0, 0.05) is 17.5 Å². The van der Waals surface area contributed by atoms with Crippen LogP contribution in [0.2, 0.25) is 0 Å². The minimum Gasteiger partial charge on any atom is -0.298 e. The summed E-state index contributed by atoms with van der Waals surface area (Å²) in [5.74, 6) is 6.31. The van der Waals surface area contributed by atoms with Crippen LogP contribution in [-0.4, -0.2) is 6.29 Å². The summed E-state index contributed by atoms with van der Waals surface area (Å²) >= 11 is 0. The average Bonchev–Trinajstić information content (AvgIpc) is 2.46. The molecule has 0 N–H and O–H groups in total. The first-order chi connectivity index (χ1) is 9.36. The van der Waals surface area contributed by atoms with E-state index >= 15 is 0 Å². The molecule has 0 spiro atoms. The predicted molar refractivity (Wildman–Crippen MR) is 81.3 cm³/mol. The normalized spacial score (nSPS) is 9.74. The molecule has 0 heterocycles. The molecule has 0 unspecified atom stereocenters. The molecule has 0 amide bonds. The molecule has 0 aliphatic heterocycles. The molecule has 19 heavy (non-hydrogen) atoms. The predicted octanol–water partition coefficient (Wildman–Crippen LogP) is 4.99. The van der Waals surface area contributed by atoms with Gasteiger partial charge in [-0.2, -0.15) is 0 Å². The van der Waals surface area contributed by atoms with E-state index in [0.717, 1.165) is 18.3 Å². The van der Waals surface area contributed by atoms with Crippen molar-refractivity contribution in [3.05, 3.63) is 35.4 Å².